The number of anilines is 2. The summed E-state index contributed by atoms with van der Waals surface area (Å²) in [4.78, 5) is 53.3. The van der Waals surface area contributed by atoms with Gasteiger partial charge in [-0.3, -0.25) is 19.3 Å². The number of nitrogens with one attached hydrogen (secondary N) is 1. The van der Waals surface area contributed by atoms with E-state index in [0.717, 1.165) is 18.4 Å². The van der Waals surface area contributed by atoms with Crippen LogP contribution in [0.3, 0.4) is 0 Å². The molecular weight excluding hydrogens is 532 g/mol. The van der Waals surface area contributed by atoms with Gasteiger partial charge in [0.2, 0.25) is 11.2 Å². The maximum Gasteiger partial charge on any atom is 0.273 e. The number of imidazole rings is 1. The molecule has 0 radical (unpaired) electrons. The van der Waals surface area contributed by atoms with Crippen molar-refractivity contribution in [2.45, 2.75) is 25.3 Å². The summed E-state index contributed by atoms with van der Waals surface area (Å²) in [6.45, 7) is 0.546. The highest BCUT2D eigenvalue weighted by Gasteiger charge is 2.33. The molecule has 4 aromatic heterocycles. The molecule has 1 fully saturated rings. The lowest BCUT2D eigenvalue weighted by Crippen LogP contribution is -2.39. The summed E-state index contributed by atoms with van der Waals surface area (Å²) in [5, 5.41) is 2.68. The SMILES string of the molecule is Nc1nccn2c([C@@H]3CCCCN3C(=O)c3ccnc(Cl)n3)nc(-c3ccc(C(=O)Nc4ncccn4)cc3)c12. The Hall–Kier alpha value is -4.97. The maximum atomic E-state index is 13.5. The van der Waals surface area contributed by atoms with E-state index in [-0.39, 0.29) is 34.8 Å². The van der Waals surface area contributed by atoms with Gasteiger partial charge in [0.25, 0.3) is 11.8 Å². The van der Waals surface area contributed by atoms with Crippen molar-refractivity contribution < 1.29 is 9.59 Å². The molecule has 1 aliphatic rings. The minimum atomic E-state index is -0.337. The Morgan fingerprint density at radius 1 is 0.950 bits per heavy atom. The second-order valence-electron chi connectivity index (χ2n) is 9.17. The first-order valence-corrected chi connectivity index (χ1v) is 13.0. The van der Waals surface area contributed by atoms with Gasteiger partial charge in [-0.1, -0.05) is 12.1 Å². The summed E-state index contributed by atoms with van der Waals surface area (Å²) in [5.74, 6) is 0.601. The molecule has 40 heavy (non-hydrogen) atoms. The fraction of sp³-hybridized carbons (Fsp3) is 0.185. The van der Waals surface area contributed by atoms with E-state index < -0.39 is 0 Å². The lowest BCUT2D eigenvalue weighted by Gasteiger charge is -2.34. The first kappa shape index (κ1) is 25.3. The largest absolute Gasteiger partial charge is 0.382 e. The average molecular weight is 555 g/mol. The van der Waals surface area contributed by atoms with Gasteiger partial charge in [0.05, 0.1) is 6.04 Å². The van der Waals surface area contributed by atoms with Crippen LogP contribution in [0.25, 0.3) is 16.8 Å². The zero-order valence-electron chi connectivity index (χ0n) is 21.1. The van der Waals surface area contributed by atoms with Gasteiger partial charge in [-0.15, -0.1) is 0 Å². The summed E-state index contributed by atoms with van der Waals surface area (Å²) in [5.41, 5.74) is 8.96. The lowest BCUT2D eigenvalue weighted by atomic mass is 10.0. The van der Waals surface area contributed by atoms with Crippen LogP contribution in [0.4, 0.5) is 11.8 Å². The van der Waals surface area contributed by atoms with Gasteiger partial charge in [0.1, 0.15) is 28.5 Å². The number of aromatic nitrogens is 7. The molecule has 1 aromatic carbocycles. The Balaban J connectivity index is 1.36. The smallest absolute Gasteiger partial charge is 0.273 e. The number of carbonyl (C=O) groups excluding carboxylic acids is 2. The molecule has 3 N–H and O–H groups in total. The van der Waals surface area contributed by atoms with Crippen LogP contribution in [0.15, 0.2) is 67.4 Å². The number of amides is 2. The summed E-state index contributed by atoms with van der Waals surface area (Å²) in [6.07, 6.45) is 10.5. The van der Waals surface area contributed by atoms with Crippen molar-refractivity contribution in [2.24, 2.45) is 0 Å². The Morgan fingerprint density at radius 3 is 2.52 bits per heavy atom. The van der Waals surface area contributed by atoms with Gasteiger partial charge in [-0.25, -0.2) is 29.9 Å². The number of nitrogens with zero attached hydrogens (tertiary/aromatic N) is 8. The summed E-state index contributed by atoms with van der Waals surface area (Å²) < 4.78 is 1.88. The van der Waals surface area contributed by atoms with Gasteiger partial charge in [-0.2, -0.15) is 0 Å². The molecule has 0 saturated carbocycles. The second kappa shape index (κ2) is 10.7. The zero-order chi connectivity index (χ0) is 27.6. The first-order chi connectivity index (χ1) is 19.5. The standard InChI is InChI=1S/C27H23ClN10O2/c28-26-31-12-9-18(34-26)25(40)37-14-2-1-4-19(37)23-35-20(21-22(29)30-13-15-38(21)23)16-5-7-17(8-6-16)24(39)36-27-32-10-3-11-33-27/h3,5-13,15,19H,1-2,4,14H2,(H2,29,30)(H,32,33,36,39)/t19-/m0/s1. The molecule has 1 atom stereocenters. The van der Waals surface area contributed by atoms with Crippen molar-refractivity contribution in [1.82, 2.24) is 39.2 Å². The molecule has 12 nitrogen and oxygen atoms in total. The monoisotopic (exact) mass is 554 g/mol. The van der Waals surface area contributed by atoms with E-state index in [9.17, 15) is 9.59 Å². The van der Waals surface area contributed by atoms with Crippen molar-refractivity contribution in [3.05, 3.63) is 89.7 Å². The van der Waals surface area contributed by atoms with E-state index >= 15 is 0 Å². The van der Waals surface area contributed by atoms with Crippen LogP contribution >= 0.6 is 11.6 Å². The Kier molecular flexibility index (Phi) is 6.74. The van der Waals surface area contributed by atoms with Gasteiger partial charge in [0, 0.05) is 48.7 Å². The normalized spacial score (nSPS) is 15.2. The highest BCUT2D eigenvalue weighted by atomic mass is 35.5. The van der Waals surface area contributed by atoms with Crippen molar-refractivity contribution in [1.29, 1.82) is 0 Å². The molecule has 13 heteroatoms. The summed E-state index contributed by atoms with van der Waals surface area (Å²) >= 11 is 5.96. The summed E-state index contributed by atoms with van der Waals surface area (Å²) in [6, 6.07) is 9.88. The minimum Gasteiger partial charge on any atom is -0.382 e. The third-order valence-electron chi connectivity index (χ3n) is 6.73. The number of benzene rings is 1. The predicted octanol–water partition coefficient (Wildman–Crippen LogP) is 3.83. The van der Waals surface area contributed by atoms with Crippen molar-refractivity contribution in [3.63, 3.8) is 0 Å². The van der Waals surface area contributed by atoms with Crippen molar-refractivity contribution in [2.75, 3.05) is 17.6 Å². The number of carbonyl (C=O) groups is 2. The van der Waals surface area contributed by atoms with Crippen LogP contribution in [0, 0.1) is 0 Å². The number of hydrogen-bond acceptors (Lipinski definition) is 9. The minimum absolute atomic E-state index is 0.0141. The highest BCUT2D eigenvalue weighted by Crippen LogP contribution is 2.36. The molecule has 0 spiro atoms. The topological polar surface area (TPSA) is 157 Å². The number of fused-ring (bicyclic) bond motifs is 1. The molecular formula is C27H23ClN10O2. The molecule has 200 valence electrons. The van der Waals surface area contributed by atoms with E-state index in [4.69, 9.17) is 22.3 Å². The Morgan fingerprint density at radius 2 is 1.75 bits per heavy atom. The van der Waals surface area contributed by atoms with Crippen LogP contribution in [0.1, 0.15) is 52.0 Å². The first-order valence-electron chi connectivity index (χ1n) is 12.6. The summed E-state index contributed by atoms with van der Waals surface area (Å²) in [7, 11) is 0. The second-order valence-corrected chi connectivity index (χ2v) is 9.51. The zero-order valence-corrected chi connectivity index (χ0v) is 21.9. The van der Waals surface area contributed by atoms with Gasteiger partial charge in [-0.05, 0) is 55.1 Å². The lowest BCUT2D eigenvalue weighted by molar-refractivity contribution is 0.0593. The van der Waals surface area contributed by atoms with E-state index in [1.807, 2.05) is 4.40 Å². The number of halogens is 1. The van der Waals surface area contributed by atoms with E-state index in [0.29, 0.717) is 41.4 Å². The average Bonchev–Trinajstić information content (AvgIpc) is 3.38. The van der Waals surface area contributed by atoms with Gasteiger partial charge >= 0.3 is 0 Å². The maximum absolute atomic E-state index is 13.5. The molecule has 0 aliphatic carbocycles. The Labute approximate surface area is 233 Å². The quantitative estimate of drug-likeness (QED) is 0.308. The number of nitrogen functional groups attached to an aromatic ring is 1. The van der Waals surface area contributed by atoms with Gasteiger partial charge < -0.3 is 10.6 Å². The molecule has 6 rings (SSSR count). The molecule has 5 heterocycles. The van der Waals surface area contributed by atoms with E-state index in [1.165, 1.54) is 6.20 Å². The highest BCUT2D eigenvalue weighted by molar-refractivity contribution is 6.28. The third-order valence-corrected chi connectivity index (χ3v) is 6.91. The number of piperidine rings is 1. The van der Waals surface area contributed by atoms with Crippen LogP contribution < -0.4 is 11.1 Å². The number of rotatable bonds is 5. The fourth-order valence-corrected chi connectivity index (χ4v) is 5.03. The third kappa shape index (κ3) is 4.80. The van der Waals surface area contributed by atoms with Crippen LogP contribution in [0.5, 0.6) is 0 Å². The van der Waals surface area contributed by atoms with Gasteiger partial charge in [0.15, 0.2) is 0 Å². The number of likely N-dealkylation sites (tertiary alicyclic amines) is 1. The predicted molar refractivity (Wildman–Crippen MR) is 147 cm³/mol. The van der Waals surface area contributed by atoms with Crippen molar-refractivity contribution in [3.8, 4) is 11.3 Å². The molecule has 5 aromatic rings. The molecule has 0 unspecified atom stereocenters. The Bertz CT molecular complexity index is 1710. The van der Waals surface area contributed by atoms with Crippen LogP contribution in [-0.2, 0) is 0 Å². The van der Waals surface area contributed by atoms with Crippen LogP contribution in [0.2, 0.25) is 5.28 Å². The molecule has 2 amide bonds. The van der Waals surface area contributed by atoms with Crippen LogP contribution in [-0.4, -0.2) is 57.6 Å². The molecule has 1 saturated heterocycles. The number of nitrogens with two attached hydrogens (primary N) is 1. The van der Waals surface area contributed by atoms with Crippen molar-refractivity contribution >= 4 is 40.7 Å². The van der Waals surface area contributed by atoms with E-state index in [1.54, 1.807) is 66.1 Å². The molecule has 1 aliphatic heterocycles. The molecule has 0 bridgehead atoms. The fourth-order valence-electron chi connectivity index (χ4n) is 4.88. The van der Waals surface area contributed by atoms with E-state index in [2.05, 4.69) is 30.2 Å². The number of hydrogen-bond donors (Lipinski definition) is 2.